The van der Waals surface area contributed by atoms with Gasteiger partial charge in [0.2, 0.25) is 0 Å². The number of allylic oxidation sites excluding steroid dienone is 2. The molecule has 2 unspecified atom stereocenters. The molecule has 0 N–H and O–H groups in total. The van der Waals surface area contributed by atoms with Gasteiger partial charge in [-0.3, -0.25) is 0 Å². The van der Waals surface area contributed by atoms with E-state index in [9.17, 15) is 10.2 Å². The van der Waals surface area contributed by atoms with E-state index in [-0.39, 0.29) is 37.7 Å². The summed E-state index contributed by atoms with van der Waals surface area (Å²) in [6.45, 7) is 10.7. The molecule has 5 heteroatoms. The molecule has 0 aromatic heterocycles. The molecule has 0 amide bonds. The molecule has 2 atom stereocenters. The van der Waals surface area contributed by atoms with E-state index in [2.05, 4.69) is 61.7 Å². The van der Waals surface area contributed by atoms with Gasteiger partial charge in [-0.15, -0.1) is 35.8 Å². The van der Waals surface area contributed by atoms with E-state index in [0.717, 1.165) is 13.2 Å². The van der Waals surface area contributed by atoms with Crippen LogP contribution in [0.1, 0.15) is 62.9 Å². The van der Waals surface area contributed by atoms with Gasteiger partial charge in [0.1, 0.15) is 0 Å². The molecule has 2 saturated heterocycles. The van der Waals surface area contributed by atoms with Gasteiger partial charge in [0.15, 0.2) is 0 Å². The third kappa shape index (κ3) is 13.4. The second-order valence-electron chi connectivity index (χ2n) is 6.84. The largest absolute Gasteiger partial charge is 4.00 e. The predicted molar refractivity (Wildman–Crippen MR) is 110 cm³/mol. The molecule has 2 heterocycles. The van der Waals surface area contributed by atoms with E-state index < -0.39 is 0 Å². The molecule has 156 valence electrons. The van der Waals surface area contributed by atoms with E-state index in [4.69, 9.17) is 9.47 Å². The Morgan fingerprint density at radius 1 is 0.759 bits per heavy atom. The van der Waals surface area contributed by atoms with Crippen molar-refractivity contribution in [1.82, 2.24) is 0 Å². The third-order valence-electron chi connectivity index (χ3n) is 3.98. The molecule has 0 spiro atoms. The van der Waals surface area contributed by atoms with Crippen LogP contribution in [0.15, 0.2) is 73.2 Å². The van der Waals surface area contributed by atoms with Gasteiger partial charge in [-0.1, -0.05) is 13.8 Å². The van der Waals surface area contributed by atoms with Crippen LogP contribution < -0.4 is 10.2 Å². The fourth-order valence-electron chi connectivity index (χ4n) is 2.89. The average Bonchev–Trinajstić information content (AvgIpc) is 3.46. The van der Waals surface area contributed by atoms with E-state index in [0.29, 0.717) is 12.2 Å². The van der Waals surface area contributed by atoms with Crippen molar-refractivity contribution in [2.75, 3.05) is 13.2 Å². The summed E-state index contributed by atoms with van der Waals surface area (Å²) in [6.07, 6.45) is 5.63. The second-order valence-corrected chi connectivity index (χ2v) is 6.84. The molecular formula is C24H32O4Zr. The normalized spacial score (nSPS) is 19.2. The molecule has 2 aromatic carbocycles. The van der Waals surface area contributed by atoms with Crippen molar-refractivity contribution < 1.29 is 45.9 Å². The van der Waals surface area contributed by atoms with Crippen molar-refractivity contribution in [3.05, 3.63) is 84.3 Å². The van der Waals surface area contributed by atoms with Gasteiger partial charge in [0.25, 0.3) is 0 Å². The number of hydrogen-bond donors (Lipinski definition) is 0. The van der Waals surface area contributed by atoms with E-state index >= 15 is 0 Å². The van der Waals surface area contributed by atoms with Gasteiger partial charge in [0, 0.05) is 25.4 Å². The minimum absolute atomic E-state index is 0. The number of rotatable bonds is 2. The van der Waals surface area contributed by atoms with Crippen LogP contribution in [0.3, 0.4) is 0 Å². The van der Waals surface area contributed by atoms with Crippen molar-refractivity contribution in [1.29, 1.82) is 0 Å². The predicted octanol–water partition coefficient (Wildman–Crippen LogP) is 4.27. The molecule has 4 rings (SSSR count). The van der Waals surface area contributed by atoms with Gasteiger partial charge < -0.3 is 19.7 Å². The Morgan fingerprint density at radius 3 is 1.24 bits per heavy atom. The molecule has 0 radical (unpaired) electrons. The van der Waals surface area contributed by atoms with Crippen molar-refractivity contribution in [3.8, 4) is 0 Å². The monoisotopic (exact) mass is 474 g/mol. The molecule has 0 aliphatic carbocycles. The zero-order valence-corrected chi connectivity index (χ0v) is 20.0. The van der Waals surface area contributed by atoms with Crippen LogP contribution in [0.25, 0.3) is 0 Å². The molecule has 2 aliphatic heterocycles. The smallest absolute Gasteiger partial charge is 0.876 e. The van der Waals surface area contributed by atoms with Crippen molar-refractivity contribution >= 4 is 0 Å². The van der Waals surface area contributed by atoms with Crippen molar-refractivity contribution in [2.45, 2.75) is 51.7 Å². The summed E-state index contributed by atoms with van der Waals surface area (Å²) in [4.78, 5) is 0. The zero-order valence-electron chi connectivity index (χ0n) is 17.6. The Morgan fingerprint density at radius 2 is 1.03 bits per heavy atom. The second kappa shape index (κ2) is 16.4. The van der Waals surface area contributed by atoms with Crippen LogP contribution >= 0.6 is 0 Å². The fourth-order valence-corrected chi connectivity index (χ4v) is 2.89. The molecule has 4 nitrogen and oxygen atoms in total. The summed E-state index contributed by atoms with van der Waals surface area (Å²) in [5.41, 5.74) is 2.69. The maximum atomic E-state index is 9.33. The van der Waals surface area contributed by atoms with Gasteiger partial charge in [-0.2, -0.15) is 24.3 Å². The summed E-state index contributed by atoms with van der Waals surface area (Å²) >= 11 is 0. The van der Waals surface area contributed by atoms with Gasteiger partial charge in [-0.05, 0) is 25.7 Å². The molecule has 2 fully saturated rings. The fraction of sp³-hybridized carbons (Fsp3) is 0.417. The summed E-state index contributed by atoms with van der Waals surface area (Å²) in [5.74, 6) is -0.167. The van der Waals surface area contributed by atoms with Gasteiger partial charge >= 0.3 is 26.2 Å². The Bertz CT molecular complexity index is 568. The molecule has 0 saturated carbocycles. The summed E-state index contributed by atoms with van der Waals surface area (Å²) < 4.78 is 11.0. The van der Waals surface area contributed by atoms with E-state index in [1.54, 1.807) is 0 Å². The Hall–Kier alpha value is -1.42. The molecular weight excluding hydrogens is 443 g/mol. The van der Waals surface area contributed by atoms with E-state index in [1.165, 1.54) is 50.7 Å². The van der Waals surface area contributed by atoms with Gasteiger partial charge in [0.05, 0.1) is 0 Å². The average molecular weight is 476 g/mol. The first-order chi connectivity index (χ1) is 13.4. The molecule has 29 heavy (non-hydrogen) atoms. The Balaban J connectivity index is 0.000000391. The van der Waals surface area contributed by atoms with Gasteiger partial charge in [-0.25, -0.2) is 24.3 Å². The first-order valence-electron chi connectivity index (χ1n) is 9.71. The Kier molecular flexibility index (Phi) is 15.6. The van der Waals surface area contributed by atoms with Crippen molar-refractivity contribution in [3.63, 3.8) is 0 Å². The Labute approximate surface area is 194 Å². The topological polar surface area (TPSA) is 64.6 Å². The van der Waals surface area contributed by atoms with Crippen LogP contribution in [0.5, 0.6) is 0 Å². The van der Waals surface area contributed by atoms with Crippen LogP contribution in [-0.4, -0.2) is 13.2 Å². The number of hydrogen-bond acceptors (Lipinski definition) is 4. The SMILES string of the molecule is C=C(C)[O-].C=C(C)[O-].[Zr+4].c1cc[c-](C2CCCO2)c1.c1cc[c-](C2CCCO2)c1. The van der Waals surface area contributed by atoms with Crippen LogP contribution in [0.4, 0.5) is 0 Å². The summed E-state index contributed by atoms with van der Waals surface area (Å²) in [6, 6.07) is 16.8. The zero-order chi connectivity index (χ0) is 20.8. The quantitative estimate of drug-likeness (QED) is 0.481. The number of ether oxygens (including phenoxy) is 2. The standard InChI is InChI=1S/2C9H11O.2C3H6O.Zr/c2*1-2-5-8(4-1)9-6-3-7-10-9;2*1-3(2)4;/h2*1-2,4-5,9H,3,6-7H2;2*4H,1H2,2H3;/q2*-1;;;+4/p-2. The van der Waals surface area contributed by atoms with Crippen LogP contribution in [0.2, 0.25) is 0 Å². The van der Waals surface area contributed by atoms with Crippen LogP contribution in [-0.2, 0) is 35.7 Å². The minimum Gasteiger partial charge on any atom is -0.876 e. The minimum atomic E-state index is -0.0833. The summed E-state index contributed by atoms with van der Waals surface area (Å²) in [7, 11) is 0. The molecule has 2 aliphatic rings. The third-order valence-corrected chi connectivity index (χ3v) is 3.98. The summed E-state index contributed by atoms with van der Waals surface area (Å²) in [5, 5.41) is 18.7. The first kappa shape index (κ1) is 27.6. The molecule has 0 bridgehead atoms. The maximum absolute atomic E-state index is 9.33. The van der Waals surface area contributed by atoms with E-state index in [1.807, 2.05) is 0 Å². The van der Waals surface area contributed by atoms with Crippen molar-refractivity contribution in [2.24, 2.45) is 0 Å². The van der Waals surface area contributed by atoms with Crippen LogP contribution in [0, 0.1) is 0 Å². The maximum Gasteiger partial charge on any atom is 4.00 e. The first-order valence-corrected chi connectivity index (χ1v) is 9.71. The molecule has 2 aromatic rings.